The summed E-state index contributed by atoms with van der Waals surface area (Å²) in [6.45, 7) is 3.35. The van der Waals surface area contributed by atoms with Gasteiger partial charge < -0.3 is 5.32 Å². The molecule has 2 aliphatic rings. The van der Waals surface area contributed by atoms with Crippen molar-refractivity contribution in [3.8, 4) is 0 Å². The molecule has 0 atom stereocenters. The third-order valence-corrected chi connectivity index (χ3v) is 3.82. The van der Waals surface area contributed by atoms with Crippen molar-refractivity contribution in [1.82, 2.24) is 5.32 Å². The summed E-state index contributed by atoms with van der Waals surface area (Å²) in [4.78, 5) is 0. The molecule has 2 saturated carbocycles. The highest BCUT2D eigenvalue weighted by atomic mass is 15.0. The molecular formula is C14H19N. The molecule has 1 N–H and O–H groups in total. The highest BCUT2D eigenvalue weighted by Gasteiger charge is 2.44. The van der Waals surface area contributed by atoms with Gasteiger partial charge in [-0.2, -0.15) is 0 Å². The van der Waals surface area contributed by atoms with E-state index in [9.17, 15) is 0 Å². The summed E-state index contributed by atoms with van der Waals surface area (Å²) in [5, 5.41) is 3.67. The van der Waals surface area contributed by atoms with Crippen molar-refractivity contribution in [2.75, 3.05) is 6.54 Å². The van der Waals surface area contributed by atoms with Gasteiger partial charge in [-0.25, -0.2) is 0 Å². The molecule has 3 rings (SSSR count). The number of rotatable bonds is 4. The first kappa shape index (κ1) is 9.41. The predicted octanol–water partition coefficient (Wildman–Crippen LogP) is 2.78. The molecule has 0 unspecified atom stereocenters. The van der Waals surface area contributed by atoms with Crippen LogP contribution in [0.1, 0.15) is 36.8 Å². The van der Waals surface area contributed by atoms with Crippen molar-refractivity contribution in [2.24, 2.45) is 0 Å². The molecule has 0 heterocycles. The average molecular weight is 201 g/mol. The molecule has 0 spiro atoms. The first-order valence-electron chi connectivity index (χ1n) is 6.09. The van der Waals surface area contributed by atoms with E-state index in [1.54, 1.807) is 5.56 Å². The Morgan fingerprint density at radius 2 is 1.87 bits per heavy atom. The van der Waals surface area contributed by atoms with Crippen LogP contribution in [0.5, 0.6) is 0 Å². The zero-order valence-corrected chi connectivity index (χ0v) is 9.42. The summed E-state index contributed by atoms with van der Waals surface area (Å²) in [5.41, 5.74) is 3.40. The van der Waals surface area contributed by atoms with Crippen LogP contribution in [-0.2, 0) is 5.41 Å². The highest BCUT2D eigenvalue weighted by molar-refractivity contribution is 5.34. The van der Waals surface area contributed by atoms with Gasteiger partial charge in [0.1, 0.15) is 0 Å². The van der Waals surface area contributed by atoms with Gasteiger partial charge in [0.05, 0.1) is 0 Å². The molecule has 1 nitrogen and oxygen atoms in total. The number of hydrogen-bond acceptors (Lipinski definition) is 1. The first-order valence-corrected chi connectivity index (χ1v) is 6.09. The standard InChI is InChI=1S/C14H19N/c1-11-2-4-12(5-3-11)14(8-9-14)10-15-13-6-7-13/h2-5,13,15H,6-10H2,1H3. The monoisotopic (exact) mass is 201 g/mol. The van der Waals surface area contributed by atoms with E-state index in [0.717, 1.165) is 6.04 Å². The number of benzene rings is 1. The maximum Gasteiger partial charge on any atom is 0.00785 e. The molecule has 2 fully saturated rings. The topological polar surface area (TPSA) is 12.0 Å². The average Bonchev–Trinajstić information content (AvgIpc) is 3.12. The fraction of sp³-hybridized carbons (Fsp3) is 0.571. The van der Waals surface area contributed by atoms with Crippen molar-refractivity contribution >= 4 is 0 Å². The van der Waals surface area contributed by atoms with E-state index in [1.807, 2.05) is 0 Å². The molecule has 1 aromatic rings. The third kappa shape index (κ3) is 1.93. The summed E-state index contributed by atoms with van der Waals surface area (Å²) in [5.74, 6) is 0. The summed E-state index contributed by atoms with van der Waals surface area (Å²) in [6.07, 6.45) is 5.53. The van der Waals surface area contributed by atoms with Crippen molar-refractivity contribution in [1.29, 1.82) is 0 Å². The van der Waals surface area contributed by atoms with Crippen molar-refractivity contribution in [2.45, 2.75) is 44.1 Å². The first-order chi connectivity index (χ1) is 7.28. The molecule has 1 aromatic carbocycles. The van der Waals surface area contributed by atoms with Crippen molar-refractivity contribution < 1.29 is 0 Å². The molecule has 0 radical (unpaired) electrons. The summed E-state index contributed by atoms with van der Waals surface area (Å²) >= 11 is 0. The molecule has 0 aromatic heterocycles. The van der Waals surface area contributed by atoms with Crippen LogP contribution in [0.3, 0.4) is 0 Å². The van der Waals surface area contributed by atoms with Gasteiger partial charge in [-0.05, 0) is 38.2 Å². The van der Waals surface area contributed by atoms with E-state index < -0.39 is 0 Å². The Morgan fingerprint density at radius 1 is 1.20 bits per heavy atom. The van der Waals surface area contributed by atoms with E-state index in [4.69, 9.17) is 0 Å². The predicted molar refractivity (Wildman–Crippen MR) is 63.1 cm³/mol. The second-order valence-electron chi connectivity index (χ2n) is 5.30. The van der Waals surface area contributed by atoms with Crippen LogP contribution in [0.25, 0.3) is 0 Å². The Hall–Kier alpha value is -0.820. The van der Waals surface area contributed by atoms with Crippen LogP contribution in [0.2, 0.25) is 0 Å². The van der Waals surface area contributed by atoms with Crippen LogP contribution in [-0.4, -0.2) is 12.6 Å². The van der Waals surface area contributed by atoms with E-state index >= 15 is 0 Å². The fourth-order valence-electron chi connectivity index (χ4n) is 2.25. The van der Waals surface area contributed by atoms with Gasteiger partial charge in [0.2, 0.25) is 0 Å². The lowest BCUT2D eigenvalue weighted by Crippen LogP contribution is -2.28. The van der Waals surface area contributed by atoms with E-state index in [0.29, 0.717) is 5.41 Å². The molecule has 2 aliphatic carbocycles. The minimum absolute atomic E-state index is 0.496. The Kier molecular flexibility index (Phi) is 2.10. The number of aryl methyl sites for hydroxylation is 1. The molecule has 0 amide bonds. The highest BCUT2D eigenvalue weighted by Crippen LogP contribution is 2.48. The Labute approximate surface area is 91.9 Å². The van der Waals surface area contributed by atoms with Gasteiger partial charge in [0, 0.05) is 18.0 Å². The van der Waals surface area contributed by atoms with Crippen LogP contribution < -0.4 is 5.32 Å². The van der Waals surface area contributed by atoms with Crippen molar-refractivity contribution in [3.05, 3.63) is 35.4 Å². The lowest BCUT2D eigenvalue weighted by molar-refractivity contribution is 0.572. The number of nitrogens with one attached hydrogen (secondary N) is 1. The van der Waals surface area contributed by atoms with Gasteiger partial charge in [-0.1, -0.05) is 29.8 Å². The molecule has 1 heteroatoms. The van der Waals surface area contributed by atoms with Gasteiger partial charge >= 0.3 is 0 Å². The molecular weight excluding hydrogens is 182 g/mol. The van der Waals surface area contributed by atoms with Crippen LogP contribution in [0.15, 0.2) is 24.3 Å². The van der Waals surface area contributed by atoms with Gasteiger partial charge in [0.15, 0.2) is 0 Å². The SMILES string of the molecule is Cc1ccc(C2(CNC3CC3)CC2)cc1. The van der Waals surface area contributed by atoms with Crippen LogP contribution >= 0.6 is 0 Å². The van der Waals surface area contributed by atoms with E-state index in [2.05, 4.69) is 36.5 Å². The quantitative estimate of drug-likeness (QED) is 0.790. The molecule has 0 bridgehead atoms. The Bertz CT molecular complexity index is 344. The minimum atomic E-state index is 0.496. The molecule has 15 heavy (non-hydrogen) atoms. The second kappa shape index (κ2) is 3.34. The number of hydrogen-bond donors (Lipinski definition) is 1. The van der Waals surface area contributed by atoms with Gasteiger partial charge in [-0.15, -0.1) is 0 Å². The van der Waals surface area contributed by atoms with E-state index in [-0.39, 0.29) is 0 Å². The van der Waals surface area contributed by atoms with E-state index in [1.165, 1.54) is 37.8 Å². The maximum absolute atomic E-state index is 3.67. The zero-order chi connectivity index (χ0) is 10.3. The molecule has 0 saturated heterocycles. The Balaban J connectivity index is 1.71. The molecule has 80 valence electrons. The fourth-order valence-corrected chi connectivity index (χ4v) is 2.25. The lowest BCUT2D eigenvalue weighted by atomic mass is 9.95. The van der Waals surface area contributed by atoms with Gasteiger partial charge in [0.25, 0.3) is 0 Å². The van der Waals surface area contributed by atoms with Gasteiger partial charge in [-0.3, -0.25) is 0 Å². The smallest absolute Gasteiger partial charge is 0.00785 e. The van der Waals surface area contributed by atoms with Crippen LogP contribution in [0.4, 0.5) is 0 Å². The second-order valence-corrected chi connectivity index (χ2v) is 5.30. The third-order valence-electron chi connectivity index (χ3n) is 3.82. The maximum atomic E-state index is 3.67. The van der Waals surface area contributed by atoms with Crippen LogP contribution in [0, 0.1) is 6.92 Å². The summed E-state index contributed by atoms with van der Waals surface area (Å²) in [7, 11) is 0. The molecule has 0 aliphatic heterocycles. The zero-order valence-electron chi connectivity index (χ0n) is 9.42. The minimum Gasteiger partial charge on any atom is -0.313 e. The lowest BCUT2D eigenvalue weighted by Gasteiger charge is -2.16. The normalized spacial score (nSPS) is 22.7. The van der Waals surface area contributed by atoms with Crippen molar-refractivity contribution in [3.63, 3.8) is 0 Å². The largest absolute Gasteiger partial charge is 0.313 e. The summed E-state index contributed by atoms with van der Waals surface area (Å²) in [6, 6.07) is 9.96. The summed E-state index contributed by atoms with van der Waals surface area (Å²) < 4.78 is 0. The Morgan fingerprint density at radius 3 is 2.40 bits per heavy atom.